The second-order valence-electron chi connectivity index (χ2n) is 7.12. The molecule has 0 radical (unpaired) electrons. The van der Waals surface area contributed by atoms with Crippen LogP contribution in [0.3, 0.4) is 0 Å². The molecule has 1 nitrogen and oxygen atoms in total. The Bertz CT molecular complexity index is 1510. The fourth-order valence-corrected chi connectivity index (χ4v) is 4.41. The zero-order chi connectivity index (χ0) is 18.7. The van der Waals surface area contributed by atoms with Crippen LogP contribution in [-0.4, -0.2) is 0 Å². The maximum absolute atomic E-state index is 6.43. The molecule has 0 unspecified atom stereocenters. The molecule has 6 rings (SSSR count). The maximum atomic E-state index is 6.43. The molecular weight excluding hydrogens is 364 g/mol. The van der Waals surface area contributed by atoms with Crippen molar-refractivity contribution in [3.8, 4) is 11.1 Å². The Balaban J connectivity index is 1.79. The standard InChI is InChI=1S/C26H15ClO/c27-18-11-13-21-23(15-18)19-8-4-5-9-20(19)25-22-12-10-17(14-24(22)28-26(21)25)16-6-2-1-3-7-16/h1-15H. The van der Waals surface area contributed by atoms with Crippen LogP contribution in [0.1, 0.15) is 0 Å². The molecule has 0 saturated heterocycles. The number of hydrogen-bond donors (Lipinski definition) is 0. The molecule has 0 atom stereocenters. The molecular formula is C26H15ClO. The molecule has 0 spiro atoms. The van der Waals surface area contributed by atoms with E-state index in [9.17, 15) is 0 Å². The fourth-order valence-electron chi connectivity index (χ4n) is 4.24. The van der Waals surface area contributed by atoms with Crippen molar-refractivity contribution in [2.45, 2.75) is 0 Å². The Morgan fingerprint density at radius 2 is 1.29 bits per heavy atom. The zero-order valence-electron chi connectivity index (χ0n) is 14.9. The van der Waals surface area contributed by atoms with Gasteiger partial charge in [0.25, 0.3) is 0 Å². The van der Waals surface area contributed by atoms with Crippen LogP contribution < -0.4 is 0 Å². The molecule has 2 heteroatoms. The molecule has 0 bridgehead atoms. The lowest BCUT2D eigenvalue weighted by Gasteiger charge is -2.06. The van der Waals surface area contributed by atoms with Gasteiger partial charge in [0.15, 0.2) is 0 Å². The van der Waals surface area contributed by atoms with E-state index in [4.69, 9.17) is 16.0 Å². The second-order valence-corrected chi connectivity index (χ2v) is 7.56. The van der Waals surface area contributed by atoms with Crippen molar-refractivity contribution in [1.29, 1.82) is 0 Å². The van der Waals surface area contributed by atoms with Crippen LogP contribution >= 0.6 is 11.6 Å². The molecule has 0 aliphatic heterocycles. The molecule has 1 aromatic heterocycles. The molecule has 6 aromatic rings. The smallest absolute Gasteiger partial charge is 0.143 e. The predicted octanol–water partition coefficient (Wildman–Crippen LogP) is 8.21. The molecule has 0 N–H and O–H groups in total. The van der Waals surface area contributed by atoms with E-state index in [0.29, 0.717) is 0 Å². The van der Waals surface area contributed by atoms with Gasteiger partial charge in [-0.3, -0.25) is 0 Å². The lowest BCUT2D eigenvalue weighted by atomic mass is 9.96. The Morgan fingerprint density at radius 1 is 0.536 bits per heavy atom. The topological polar surface area (TPSA) is 13.1 Å². The van der Waals surface area contributed by atoms with Crippen molar-refractivity contribution in [2.75, 3.05) is 0 Å². The number of halogens is 1. The normalized spacial score (nSPS) is 11.8. The van der Waals surface area contributed by atoms with Crippen molar-refractivity contribution >= 4 is 55.1 Å². The van der Waals surface area contributed by atoms with Gasteiger partial charge in [-0.25, -0.2) is 0 Å². The third kappa shape index (κ3) is 2.20. The highest BCUT2D eigenvalue weighted by atomic mass is 35.5. The lowest BCUT2D eigenvalue weighted by Crippen LogP contribution is -1.80. The molecule has 0 aliphatic carbocycles. The van der Waals surface area contributed by atoms with Crippen molar-refractivity contribution in [1.82, 2.24) is 0 Å². The van der Waals surface area contributed by atoms with Gasteiger partial charge >= 0.3 is 0 Å². The average Bonchev–Trinajstić information content (AvgIpc) is 3.13. The minimum atomic E-state index is 0.736. The molecule has 0 aliphatic rings. The Hall–Kier alpha value is -3.29. The predicted molar refractivity (Wildman–Crippen MR) is 119 cm³/mol. The summed E-state index contributed by atoms with van der Waals surface area (Å²) >= 11 is 6.31. The molecule has 28 heavy (non-hydrogen) atoms. The summed E-state index contributed by atoms with van der Waals surface area (Å²) in [5.74, 6) is 0. The van der Waals surface area contributed by atoms with Gasteiger partial charge in [-0.05, 0) is 57.6 Å². The van der Waals surface area contributed by atoms with Gasteiger partial charge in [0, 0.05) is 21.2 Å². The fraction of sp³-hybridized carbons (Fsp3) is 0. The zero-order valence-corrected chi connectivity index (χ0v) is 15.7. The van der Waals surface area contributed by atoms with Gasteiger partial charge in [0.05, 0.1) is 0 Å². The van der Waals surface area contributed by atoms with Crippen LogP contribution in [0.4, 0.5) is 0 Å². The number of furan rings is 1. The highest BCUT2D eigenvalue weighted by Crippen LogP contribution is 2.42. The van der Waals surface area contributed by atoms with E-state index in [1.807, 2.05) is 18.2 Å². The molecule has 5 aromatic carbocycles. The lowest BCUT2D eigenvalue weighted by molar-refractivity contribution is 0.673. The Morgan fingerprint density at radius 3 is 2.14 bits per heavy atom. The van der Waals surface area contributed by atoms with Crippen LogP contribution in [-0.2, 0) is 0 Å². The van der Waals surface area contributed by atoms with Crippen molar-refractivity contribution in [3.05, 3.63) is 96.0 Å². The van der Waals surface area contributed by atoms with Gasteiger partial charge < -0.3 is 4.42 Å². The Kier molecular flexibility index (Phi) is 3.29. The summed E-state index contributed by atoms with van der Waals surface area (Å²) < 4.78 is 6.43. The summed E-state index contributed by atoms with van der Waals surface area (Å²) in [7, 11) is 0. The highest BCUT2D eigenvalue weighted by Gasteiger charge is 2.16. The third-order valence-electron chi connectivity index (χ3n) is 5.51. The average molecular weight is 379 g/mol. The van der Waals surface area contributed by atoms with Gasteiger partial charge in [-0.1, -0.05) is 72.3 Å². The summed E-state index contributed by atoms with van der Waals surface area (Å²) in [4.78, 5) is 0. The van der Waals surface area contributed by atoms with Crippen molar-refractivity contribution in [2.24, 2.45) is 0 Å². The van der Waals surface area contributed by atoms with Crippen LogP contribution in [0.25, 0.3) is 54.6 Å². The SMILES string of the molecule is Clc1ccc2c(c1)c1ccccc1c1c3ccc(-c4ccccc4)cc3oc21. The minimum Gasteiger partial charge on any atom is -0.455 e. The van der Waals surface area contributed by atoms with E-state index in [1.165, 1.54) is 21.7 Å². The van der Waals surface area contributed by atoms with Gasteiger partial charge in [0.2, 0.25) is 0 Å². The maximum Gasteiger partial charge on any atom is 0.143 e. The third-order valence-corrected chi connectivity index (χ3v) is 5.75. The molecule has 0 saturated carbocycles. The number of benzene rings is 5. The summed E-state index contributed by atoms with van der Waals surface area (Å²) in [6.07, 6.45) is 0. The van der Waals surface area contributed by atoms with Crippen LogP contribution in [0.5, 0.6) is 0 Å². The molecule has 0 amide bonds. The highest BCUT2D eigenvalue weighted by molar-refractivity contribution is 6.34. The summed E-state index contributed by atoms with van der Waals surface area (Å²) in [6, 6.07) is 31.4. The van der Waals surface area contributed by atoms with E-state index in [-0.39, 0.29) is 0 Å². The van der Waals surface area contributed by atoms with Crippen LogP contribution in [0, 0.1) is 0 Å². The van der Waals surface area contributed by atoms with E-state index in [2.05, 4.69) is 72.8 Å². The van der Waals surface area contributed by atoms with Crippen molar-refractivity contribution < 1.29 is 4.42 Å². The Labute approximate surface area is 166 Å². The largest absolute Gasteiger partial charge is 0.455 e. The minimum absolute atomic E-state index is 0.736. The van der Waals surface area contributed by atoms with E-state index >= 15 is 0 Å². The van der Waals surface area contributed by atoms with Crippen LogP contribution in [0.2, 0.25) is 5.02 Å². The van der Waals surface area contributed by atoms with E-state index < -0.39 is 0 Å². The molecule has 0 fully saturated rings. The first-order valence-corrected chi connectivity index (χ1v) is 9.69. The second kappa shape index (κ2) is 5.85. The summed E-state index contributed by atoms with van der Waals surface area (Å²) in [5.41, 5.74) is 4.17. The summed E-state index contributed by atoms with van der Waals surface area (Å²) in [5, 5.41) is 7.65. The van der Waals surface area contributed by atoms with E-state index in [1.54, 1.807) is 0 Å². The monoisotopic (exact) mass is 378 g/mol. The number of fused-ring (bicyclic) bond motifs is 8. The first kappa shape index (κ1) is 15.7. The van der Waals surface area contributed by atoms with E-state index in [0.717, 1.165) is 37.9 Å². The first-order valence-electron chi connectivity index (χ1n) is 9.31. The molecule has 132 valence electrons. The number of rotatable bonds is 1. The first-order chi connectivity index (χ1) is 13.8. The van der Waals surface area contributed by atoms with Crippen LogP contribution in [0.15, 0.2) is 95.4 Å². The van der Waals surface area contributed by atoms with Gasteiger partial charge in [-0.15, -0.1) is 0 Å². The molecule has 1 heterocycles. The van der Waals surface area contributed by atoms with Gasteiger partial charge in [-0.2, -0.15) is 0 Å². The number of hydrogen-bond acceptors (Lipinski definition) is 1. The quantitative estimate of drug-likeness (QED) is 0.263. The van der Waals surface area contributed by atoms with Gasteiger partial charge in [0.1, 0.15) is 11.2 Å². The summed E-state index contributed by atoms with van der Waals surface area (Å²) in [6.45, 7) is 0. The van der Waals surface area contributed by atoms with Crippen molar-refractivity contribution in [3.63, 3.8) is 0 Å².